The molecule has 3 aromatic carbocycles. The Labute approximate surface area is 207 Å². The molecule has 7 nitrogen and oxygen atoms in total. The number of hydrogen-bond donors (Lipinski definition) is 0. The second-order valence-electron chi connectivity index (χ2n) is 9.54. The lowest BCUT2D eigenvalue weighted by Gasteiger charge is -2.19. The predicted octanol–water partition coefficient (Wildman–Crippen LogP) is 4.66. The third kappa shape index (κ3) is 3.68. The monoisotopic (exact) mass is 481 g/mol. The van der Waals surface area contributed by atoms with Crippen molar-refractivity contribution in [2.75, 3.05) is 4.90 Å². The number of amides is 2. The van der Waals surface area contributed by atoms with Crippen LogP contribution < -0.4 is 14.4 Å². The van der Waals surface area contributed by atoms with Crippen LogP contribution in [0.15, 0.2) is 78.9 Å². The molecule has 0 aromatic heterocycles. The first-order chi connectivity index (χ1) is 17.5. The maximum atomic E-state index is 13.2. The number of benzene rings is 3. The largest absolute Gasteiger partial charge is 0.423 e. The van der Waals surface area contributed by atoms with Gasteiger partial charge in [-0.1, -0.05) is 36.4 Å². The molecule has 3 aromatic rings. The number of ether oxygens (including phenoxy) is 2. The van der Waals surface area contributed by atoms with Crippen molar-refractivity contribution >= 4 is 29.4 Å². The van der Waals surface area contributed by atoms with E-state index in [0.29, 0.717) is 11.4 Å². The fourth-order valence-corrected chi connectivity index (χ4v) is 5.97. The Morgan fingerprint density at radius 1 is 0.722 bits per heavy atom. The first kappa shape index (κ1) is 22.2. The topological polar surface area (TPSA) is 90.0 Å². The van der Waals surface area contributed by atoms with Gasteiger partial charge in [-0.2, -0.15) is 0 Å². The SMILES string of the molecule is O=C(Oc1ccccc1C(=O)Oc1ccccc1)c1cccc(N2C(=O)[C@H]3[C@H]4CC[C@@H](C4)[C@@H]3C2=O)c1. The van der Waals surface area contributed by atoms with Crippen LogP contribution in [0.4, 0.5) is 5.69 Å². The van der Waals surface area contributed by atoms with Gasteiger partial charge in [0.05, 0.1) is 23.1 Å². The smallest absolute Gasteiger partial charge is 0.347 e. The summed E-state index contributed by atoms with van der Waals surface area (Å²) in [4.78, 5) is 53.3. The van der Waals surface area contributed by atoms with Crippen LogP contribution in [-0.4, -0.2) is 23.8 Å². The second-order valence-corrected chi connectivity index (χ2v) is 9.54. The molecule has 1 heterocycles. The van der Waals surface area contributed by atoms with E-state index in [1.807, 2.05) is 0 Å². The average molecular weight is 482 g/mol. The van der Waals surface area contributed by atoms with Crippen LogP contribution in [0.1, 0.15) is 40.0 Å². The molecular formula is C29H23NO6. The van der Waals surface area contributed by atoms with E-state index in [9.17, 15) is 19.2 Å². The number of nitrogens with zero attached hydrogens (tertiary/aromatic N) is 1. The summed E-state index contributed by atoms with van der Waals surface area (Å²) in [5, 5.41) is 0. The van der Waals surface area contributed by atoms with Gasteiger partial charge in [0.1, 0.15) is 17.1 Å². The van der Waals surface area contributed by atoms with Crippen molar-refractivity contribution in [1.82, 2.24) is 0 Å². The lowest BCUT2D eigenvalue weighted by atomic mass is 9.81. The Balaban J connectivity index is 1.22. The highest BCUT2D eigenvalue weighted by Gasteiger charge is 2.61. The Bertz CT molecular complexity index is 1360. The number of anilines is 1. The zero-order chi connectivity index (χ0) is 24.8. The van der Waals surface area contributed by atoms with Crippen molar-refractivity contribution < 1.29 is 28.7 Å². The predicted molar refractivity (Wildman–Crippen MR) is 130 cm³/mol. The highest BCUT2D eigenvalue weighted by molar-refractivity contribution is 6.22. The van der Waals surface area contributed by atoms with Crippen molar-refractivity contribution in [2.45, 2.75) is 19.3 Å². The maximum Gasteiger partial charge on any atom is 0.347 e. The molecule has 0 radical (unpaired) electrons. The fraction of sp³-hybridized carbons (Fsp3) is 0.241. The number of carbonyl (C=O) groups is 4. The zero-order valence-corrected chi connectivity index (χ0v) is 19.3. The molecule has 4 atom stereocenters. The molecule has 1 aliphatic heterocycles. The van der Waals surface area contributed by atoms with Crippen molar-refractivity contribution in [3.63, 3.8) is 0 Å². The van der Waals surface area contributed by atoms with Gasteiger partial charge in [-0.05, 0) is 73.6 Å². The molecule has 2 aliphatic carbocycles. The van der Waals surface area contributed by atoms with Gasteiger partial charge >= 0.3 is 11.9 Å². The zero-order valence-electron chi connectivity index (χ0n) is 19.3. The molecule has 36 heavy (non-hydrogen) atoms. The quantitative estimate of drug-likeness (QED) is 0.299. The lowest BCUT2D eigenvalue weighted by Crippen LogP contribution is -2.32. The summed E-state index contributed by atoms with van der Waals surface area (Å²) in [5.74, 6) is -1.22. The highest BCUT2D eigenvalue weighted by atomic mass is 16.5. The highest BCUT2D eigenvalue weighted by Crippen LogP contribution is 2.56. The van der Waals surface area contributed by atoms with E-state index >= 15 is 0 Å². The van der Waals surface area contributed by atoms with Crippen LogP contribution in [0.2, 0.25) is 0 Å². The van der Waals surface area contributed by atoms with Crippen LogP contribution in [0.25, 0.3) is 0 Å². The van der Waals surface area contributed by atoms with Crippen LogP contribution in [0, 0.1) is 23.7 Å². The summed E-state index contributed by atoms with van der Waals surface area (Å²) in [6.07, 6.45) is 2.95. The van der Waals surface area contributed by atoms with Gasteiger partial charge in [0.2, 0.25) is 11.8 Å². The average Bonchev–Trinajstić information content (AvgIpc) is 3.58. The van der Waals surface area contributed by atoms with Crippen LogP contribution in [0.5, 0.6) is 11.5 Å². The molecule has 2 amide bonds. The van der Waals surface area contributed by atoms with Crippen LogP contribution >= 0.6 is 0 Å². The molecule has 0 spiro atoms. The van der Waals surface area contributed by atoms with Crippen LogP contribution in [-0.2, 0) is 9.59 Å². The van der Waals surface area contributed by atoms with E-state index in [1.165, 1.54) is 23.1 Å². The lowest BCUT2D eigenvalue weighted by molar-refractivity contribution is -0.123. The number of fused-ring (bicyclic) bond motifs is 5. The Morgan fingerprint density at radius 3 is 2.11 bits per heavy atom. The van der Waals surface area contributed by atoms with Gasteiger partial charge in [-0.3, -0.25) is 14.5 Å². The number of esters is 2. The Morgan fingerprint density at radius 2 is 1.39 bits per heavy atom. The van der Waals surface area contributed by atoms with E-state index in [4.69, 9.17) is 9.47 Å². The van der Waals surface area contributed by atoms with E-state index in [0.717, 1.165) is 19.3 Å². The Kier molecular flexibility index (Phi) is 5.40. The van der Waals surface area contributed by atoms with Crippen molar-refractivity contribution in [3.05, 3.63) is 90.0 Å². The number of rotatable bonds is 5. The molecule has 6 rings (SSSR count). The van der Waals surface area contributed by atoms with E-state index in [1.54, 1.807) is 60.7 Å². The van der Waals surface area contributed by atoms with Gasteiger partial charge in [-0.25, -0.2) is 9.59 Å². The minimum atomic E-state index is -0.712. The van der Waals surface area contributed by atoms with Gasteiger partial charge in [0.15, 0.2) is 0 Å². The Hall–Kier alpha value is -4.26. The fourth-order valence-electron chi connectivity index (χ4n) is 5.97. The minimum absolute atomic E-state index is 0.0493. The molecule has 180 valence electrons. The summed E-state index contributed by atoms with van der Waals surface area (Å²) in [7, 11) is 0. The first-order valence-electron chi connectivity index (χ1n) is 12.1. The summed E-state index contributed by atoms with van der Waals surface area (Å²) < 4.78 is 10.9. The molecular weight excluding hydrogens is 458 g/mol. The van der Waals surface area contributed by atoms with Crippen molar-refractivity contribution in [3.8, 4) is 11.5 Å². The molecule has 3 fully saturated rings. The maximum absolute atomic E-state index is 13.2. The summed E-state index contributed by atoms with van der Waals surface area (Å²) in [6.45, 7) is 0. The summed E-state index contributed by atoms with van der Waals surface area (Å²) in [6, 6.07) is 21.2. The number of carbonyl (C=O) groups excluding carboxylic acids is 4. The molecule has 2 bridgehead atoms. The molecule has 0 N–H and O–H groups in total. The number of hydrogen-bond acceptors (Lipinski definition) is 6. The van der Waals surface area contributed by atoms with Crippen LogP contribution in [0.3, 0.4) is 0 Å². The summed E-state index contributed by atoms with van der Waals surface area (Å²) >= 11 is 0. The van der Waals surface area contributed by atoms with E-state index in [-0.39, 0.29) is 52.4 Å². The number of para-hydroxylation sites is 2. The molecule has 2 saturated carbocycles. The van der Waals surface area contributed by atoms with Gasteiger partial charge in [-0.15, -0.1) is 0 Å². The van der Waals surface area contributed by atoms with Crippen molar-refractivity contribution in [2.24, 2.45) is 23.7 Å². The molecule has 0 unspecified atom stereocenters. The van der Waals surface area contributed by atoms with Crippen molar-refractivity contribution in [1.29, 1.82) is 0 Å². The molecule has 7 heteroatoms. The van der Waals surface area contributed by atoms with Gasteiger partial charge in [0, 0.05) is 0 Å². The minimum Gasteiger partial charge on any atom is -0.423 e. The molecule has 3 aliphatic rings. The normalized spacial score (nSPS) is 24.1. The van der Waals surface area contributed by atoms with Gasteiger partial charge in [0.25, 0.3) is 0 Å². The third-order valence-corrected chi connectivity index (χ3v) is 7.53. The standard InChI is InChI=1S/C29H23NO6/c31-26-24-17-13-14-18(15-17)25(24)27(32)30(26)20-8-6-7-19(16-20)28(33)36-23-12-5-4-11-22(23)29(34)35-21-9-2-1-3-10-21/h1-12,16-18,24-25H,13-15H2/t17-,18-,24-,25-/m0/s1. The number of imide groups is 1. The van der Waals surface area contributed by atoms with E-state index < -0.39 is 11.9 Å². The van der Waals surface area contributed by atoms with Gasteiger partial charge < -0.3 is 9.47 Å². The summed E-state index contributed by atoms with van der Waals surface area (Å²) in [5.41, 5.74) is 0.628. The first-order valence-corrected chi connectivity index (χ1v) is 12.1. The van der Waals surface area contributed by atoms with E-state index in [2.05, 4.69) is 0 Å². The third-order valence-electron chi connectivity index (χ3n) is 7.53. The molecule has 1 saturated heterocycles. The second kappa shape index (κ2) is 8.75.